The highest BCUT2D eigenvalue weighted by molar-refractivity contribution is 6.13. The SMILES string of the molecule is CCOC(CN1C(=O)[C@@](CC(=O)Nc2ccc(C)cc2)(NC(=O)Nc2ccc(C)cc2)c2cc(F)ccc21)OCC. The molecule has 3 aromatic rings. The van der Waals surface area contributed by atoms with E-state index in [1.807, 2.05) is 38.1 Å². The van der Waals surface area contributed by atoms with E-state index in [0.717, 1.165) is 11.1 Å². The number of hydrogen-bond donors (Lipinski definition) is 3. The van der Waals surface area contributed by atoms with Crippen LogP contribution in [-0.4, -0.2) is 43.9 Å². The van der Waals surface area contributed by atoms with Crippen molar-refractivity contribution in [2.75, 3.05) is 35.3 Å². The highest BCUT2D eigenvalue weighted by atomic mass is 19.1. The summed E-state index contributed by atoms with van der Waals surface area (Å²) < 4.78 is 26.0. The zero-order chi connectivity index (χ0) is 29.6. The molecule has 1 aliphatic rings. The van der Waals surface area contributed by atoms with Gasteiger partial charge in [0.25, 0.3) is 5.91 Å². The lowest BCUT2D eigenvalue weighted by atomic mass is 9.87. The summed E-state index contributed by atoms with van der Waals surface area (Å²) in [5.74, 6) is -1.77. The van der Waals surface area contributed by atoms with E-state index in [1.165, 1.54) is 23.1 Å². The maximum Gasteiger partial charge on any atom is 0.320 e. The lowest BCUT2D eigenvalue weighted by Gasteiger charge is -2.30. The minimum Gasteiger partial charge on any atom is -0.351 e. The molecule has 0 unspecified atom stereocenters. The smallest absolute Gasteiger partial charge is 0.320 e. The molecule has 3 N–H and O–H groups in total. The minimum atomic E-state index is -1.91. The molecule has 0 saturated carbocycles. The van der Waals surface area contributed by atoms with E-state index >= 15 is 0 Å². The van der Waals surface area contributed by atoms with Gasteiger partial charge < -0.3 is 30.3 Å². The van der Waals surface area contributed by atoms with Crippen molar-refractivity contribution in [3.63, 3.8) is 0 Å². The number of halogens is 1. The molecule has 1 atom stereocenters. The Balaban J connectivity index is 1.72. The lowest BCUT2D eigenvalue weighted by Crippen LogP contribution is -2.56. The molecule has 0 spiro atoms. The number of benzene rings is 3. The first-order valence-electron chi connectivity index (χ1n) is 13.5. The Kier molecular flexibility index (Phi) is 9.36. The zero-order valence-corrected chi connectivity index (χ0v) is 23.6. The topological polar surface area (TPSA) is 109 Å². The van der Waals surface area contributed by atoms with E-state index in [9.17, 15) is 18.8 Å². The molecule has 1 heterocycles. The van der Waals surface area contributed by atoms with Crippen LogP contribution in [0.5, 0.6) is 0 Å². The number of carbonyl (C=O) groups excluding carboxylic acids is 3. The molecule has 9 nitrogen and oxygen atoms in total. The number of carbonyl (C=O) groups is 3. The molecule has 10 heteroatoms. The minimum absolute atomic E-state index is 0.0261. The summed E-state index contributed by atoms with van der Waals surface area (Å²) in [6.07, 6.45) is -1.26. The average molecular weight is 563 g/mol. The van der Waals surface area contributed by atoms with Crippen molar-refractivity contribution in [3.8, 4) is 0 Å². The number of rotatable bonds is 11. The van der Waals surface area contributed by atoms with Crippen molar-refractivity contribution in [3.05, 3.63) is 89.2 Å². The van der Waals surface area contributed by atoms with E-state index < -0.39 is 41.9 Å². The van der Waals surface area contributed by atoms with Crippen LogP contribution in [0.25, 0.3) is 0 Å². The normalized spacial score (nSPS) is 16.0. The van der Waals surface area contributed by atoms with Gasteiger partial charge in [0, 0.05) is 30.2 Å². The molecule has 3 aromatic carbocycles. The number of nitrogens with zero attached hydrogens (tertiary/aromatic N) is 1. The first kappa shape index (κ1) is 29.7. The van der Waals surface area contributed by atoms with Gasteiger partial charge >= 0.3 is 6.03 Å². The quantitative estimate of drug-likeness (QED) is 0.277. The van der Waals surface area contributed by atoms with Gasteiger partial charge in [0.05, 0.1) is 18.7 Å². The van der Waals surface area contributed by atoms with E-state index in [4.69, 9.17) is 9.47 Å². The predicted molar refractivity (Wildman–Crippen MR) is 155 cm³/mol. The van der Waals surface area contributed by atoms with Gasteiger partial charge in [-0.1, -0.05) is 35.4 Å². The maximum atomic E-state index is 14.7. The van der Waals surface area contributed by atoms with Gasteiger partial charge in [-0.05, 0) is 70.2 Å². The second-order valence-electron chi connectivity index (χ2n) is 9.86. The number of aryl methyl sites for hydroxylation is 2. The Hall–Kier alpha value is -4.28. The Bertz CT molecular complexity index is 1330. The van der Waals surface area contributed by atoms with Gasteiger partial charge in [0.1, 0.15) is 5.82 Å². The van der Waals surface area contributed by atoms with E-state index in [1.54, 1.807) is 38.1 Å². The summed E-state index contributed by atoms with van der Waals surface area (Å²) in [5.41, 5.74) is 1.62. The van der Waals surface area contributed by atoms with Crippen LogP contribution >= 0.6 is 0 Å². The molecule has 216 valence electrons. The van der Waals surface area contributed by atoms with Crippen LogP contribution in [0.1, 0.15) is 37.0 Å². The third-order valence-electron chi connectivity index (χ3n) is 6.75. The van der Waals surface area contributed by atoms with Crippen LogP contribution in [0.3, 0.4) is 0 Å². The molecule has 0 fully saturated rings. The monoisotopic (exact) mass is 562 g/mol. The van der Waals surface area contributed by atoms with Crippen molar-refractivity contribution in [2.45, 2.75) is 45.9 Å². The van der Waals surface area contributed by atoms with Crippen LogP contribution < -0.4 is 20.9 Å². The van der Waals surface area contributed by atoms with Gasteiger partial charge in [-0.2, -0.15) is 0 Å². The standard InChI is InChI=1S/C31H35FN4O5/c1-5-40-28(41-6-2)19-36-26-16-11-22(32)17-25(26)31(29(36)38,18-27(37)33-23-12-7-20(3)8-13-23)35-30(39)34-24-14-9-21(4)10-15-24/h7-17,28H,5-6,18-19H2,1-4H3,(H,33,37)(H2,34,35,39)/t31-/m0/s1. The van der Waals surface area contributed by atoms with E-state index in [0.29, 0.717) is 30.3 Å². The summed E-state index contributed by atoms with van der Waals surface area (Å²) in [6, 6.07) is 17.4. The number of ether oxygens (including phenoxy) is 2. The predicted octanol–water partition coefficient (Wildman–Crippen LogP) is 5.23. The van der Waals surface area contributed by atoms with Gasteiger partial charge in [-0.3, -0.25) is 9.59 Å². The fraction of sp³-hybridized carbons (Fsp3) is 0.323. The summed E-state index contributed by atoms with van der Waals surface area (Å²) in [4.78, 5) is 42.4. The Morgan fingerprint density at radius 2 is 1.44 bits per heavy atom. The molecule has 4 rings (SSSR count). The number of urea groups is 1. The van der Waals surface area contributed by atoms with Crippen molar-refractivity contribution in [1.29, 1.82) is 0 Å². The summed E-state index contributed by atoms with van der Waals surface area (Å²) in [6.45, 7) is 8.10. The van der Waals surface area contributed by atoms with Gasteiger partial charge in [-0.25, -0.2) is 9.18 Å². The highest BCUT2D eigenvalue weighted by Crippen LogP contribution is 2.43. The van der Waals surface area contributed by atoms with Crippen molar-refractivity contribution in [2.24, 2.45) is 0 Å². The van der Waals surface area contributed by atoms with Crippen molar-refractivity contribution >= 4 is 34.9 Å². The fourth-order valence-corrected chi connectivity index (χ4v) is 4.81. The molecule has 0 bridgehead atoms. The van der Waals surface area contributed by atoms with Crippen LogP contribution in [0, 0.1) is 19.7 Å². The fourth-order valence-electron chi connectivity index (χ4n) is 4.81. The van der Waals surface area contributed by atoms with Crippen molar-refractivity contribution < 1.29 is 28.2 Å². The van der Waals surface area contributed by atoms with Gasteiger partial charge in [0.2, 0.25) is 5.91 Å². The first-order chi connectivity index (χ1) is 19.6. The number of nitrogens with one attached hydrogen (secondary N) is 3. The molecule has 0 aliphatic carbocycles. The maximum absolute atomic E-state index is 14.7. The summed E-state index contributed by atoms with van der Waals surface area (Å²) >= 11 is 0. The second-order valence-corrected chi connectivity index (χ2v) is 9.86. The Morgan fingerprint density at radius 3 is 2.00 bits per heavy atom. The van der Waals surface area contributed by atoms with Crippen LogP contribution in [0.15, 0.2) is 66.7 Å². The highest BCUT2D eigenvalue weighted by Gasteiger charge is 2.54. The summed E-state index contributed by atoms with van der Waals surface area (Å²) in [7, 11) is 0. The zero-order valence-electron chi connectivity index (χ0n) is 23.6. The first-order valence-corrected chi connectivity index (χ1v) is 13.5. The lowest BCUT2D eigenvalue weighted by molar-refractivity contribution is -0.138. The molecule has 41 heavy (non-hydrogen) atoms. The van der Waals surface area contributed by atoms with Gasteiger partial charge in [-0.15, -0.1) is 0 Å². The molecule has 1 aliphatic heterocycles. The van der Waals surface area contributed by atoms with E-state index in [-0.39, 0.29) is 12.1 Å². The molecule has 0 radical (unpaired) electrons. The third kappa shape index (κ3) is 6.90. The molecular formula is C31H35FN4O5. The van der Waals surface area contributed by atoms with Crippen LogP contribution in [-0.2, 0) is 24.6 Å². The molecule has 4 amide bonds. The summed E-state index contributed by atoms with van der Waals surface area (Å²) in [5, 5.41) is 8.24. The van der Waals surface area contributed by atoms with E-state index in [2.05, 4.69) is 16.0 Å². The third-order valence-corrected chi connectivity index (χ3v) is 6.75. The number of anilines is 3. The largest absolute Gasteiger partial charge is 0.351 e. The Morgan fingerprint density at radius 1 is 0.878 bits per heavy atom. The molecular weight excluding hydrogens is 527 g/mol. The molecule has 0 saturated heterocycles. The molecule has 0 aromatic heterocycles. The second kappa shape index (κ2) is 12.9. The van der Waals surface area contributed by atoms with Crippen LogP contribution in [0.4, 0.5) is 26.2 Å². The van der Waals surface area contributed by atoms with Gasteiger partial charge in [0.15, 0.2) is 11.8 Å². The van der Waals surface area contributed by atoms with Crippen molar-refractivity contribution in [1.82, 2.24) is 5.32 Å². The number of hydrogen-bond acceptors (Lipinski definition) is 5. The number of fused-ring (bicyclic) bond motifs is 1. The number of amides is 4. The average Bonchev–Trinajstić information content (AvgIpc) is 3.13. The van der Waals surface area contributed by atoms with Crippen LogP contribution in [0.2, 0.25) is 0 Å². The Labute approximate surface area is 239 Å².